The Kier molecular flexibility index (Phi) is 9.64. The predicted molar refractivity (Wildman–Crippen MR) is 302 cm³/mol. The summed E-state index contributed by atoms with van der Waals surface area (Å²) in [6.45, 7) is 10.8. The van der Waals surface area contributed by atoms with E-state index in [1.807, 2.05) is 0 Å². The summed E-state index contributed by atoms with van der Waals surface area (Å²) in [6, 6.07) is 81.9. The van der Waals surface area contributed by atoms with Crippen LogP contribution in [-0.2, 0) is 0 Å². The summed E-state index contributed by atoms with van der Waals surface area (Å²) in [5, 5.41) is 14.9. The van der Waals surface area contributed by atoms with Gasteiger partial charge in [-0.25, -0.2) is 0 Å². The van der Waals surface area contributed by atoms with Gasteiger partial charge in [0.15, 0.2) is 0 Å². The van der Waals surface area contributed by atoms with Gasteiger partial charge < -0.3 is 14.7 Å². The highest BCUT2D eigenvalue weighted by atomic mass is 15.2. The van der Waals surface area contributed by atoms with E-state index in [9.17, 15) is 0 Å². The van der Waals surface area contributed by atoms with Gasteiger partial charge in [0.05, 0.1) is 22.7 Å². The van der Waals surface area contributed by atoms with Crippen molar-refractivity contribution in [2.45, 2.75) is 34.6 Å². The molecule has 0 saturated heterocycles. The molecule has 0 saturated carbocycles. The lowest BCUT2D eigenvalue weighted by Crippen LogP contribution is -2.12. The molecule has 0 atom stereocenters. The lowest BCUT2D eigenvalue weighted by molar-refractivity contribution is 1.28. The molecule has 3 heteroatoms. The number of hydrogen-bond acceptors (Lipinski definition) is 3. The summed E-state index contributed by atoms with van der Waals surface area (Å²) < 4.78 is 0. The number of aryl methyl sites for hydroxylation is 5. The third-order valence-corrected chi connectivity index (χ3v) is 14.7. The summed E-state index contributed by atoms with van der Waals surface area (Å²) >= 11 is 0. The largest absolute Gasteiger partial charge is 0.310 e. The molecule has 0 spiro atoms. The molecule has 0 fully saturated rings. The van der Waals surface area contributed by atoms with E-state index in [0.29, 0.717) is 0 Å². The van der Waals surface area contributed by atoms with Crippen molar-refractivity contribution in [1.82, 2.24) is 0 Å². The molecule has 334 valence electrons. The summed E-state index contributed by atoms with van der Waals surface area (Å²) in [6.07, 6.45) is 0. The average molecular weight is 898 g/mol. The van der Waals surface area contributed by atoms with Gasteiger partial charge in [0.25, 0.3) is 0 Å². The van der Waals surface area contributed by atoms with E-state index in [-0.39, 0.29) is 0 Å². The summed E-state index contributed by atoms with van der Waals surface area (Å²) in [7, 11) is 0. The van der Waals surface area contributed by atoms with Crippen molar-refractivity contribution in [2.75, 3.05) is 14.7 Å². The van der Waals surface area contributed by atoms with Gasteiger partial charge in [0.1, 0.15) is 0 Å². The maximum Gasteiger partial charge on any atom is 0.0540 e. The lowest BCUT2D eigenvalue weighted by Gasteiger charge is -2.31. The van der Waals surface area contributed by atoms with Crippen molar-refractivity contribution in [2.24, 2.45) is 0 Å². The first-order chi connectivity index (χ1) is 34.3. The van der Waals surface area contributed by atoms with Crippen molar-refractivity contribution in [3.05, 3.63) is 246 Å². The summed E-state index contributed by atoms with van der Waals surface area (Å²) in [5.41, 5.74) is 16.5. The molecule has 3 nitrogen and oxygen atoms in total. The highest BCUT2D eigenvalue weighted by molar-refractivity contribution is 6.30. The Morgan fingerprint density at radius 1 is 0.186 bits per heavy atom. The maximum atomic E-state index is 2.51. The van der Waals surface area contributed by atoms with Gasteiger partial charge in [-0.1, -0.05) is 161 Å². The van der Waals surface area contributed by atoms with Crippen LogP contribution >= 0.6 is 0 Å². The van der Waals surface area contributed by atoms with E-state index < -0.39 is 0 Å². The van der Waals surface area contributed by atoms with Gasteiger partial charge in [-0.3, -0.25) is 0 Å². The van der Waals surface area contributed by atoms with Crippen LogP contribution < -0.4 is 14.7 Å². The van der Waals surface area contributed by atoms with E-state index >= 15 is 0 Å². The summed E-state index contributed by atoms with van der Waals surface area (Å²) in [5.74, 6) is 0. The molecule has 0 aliphatic heterocycles. The topological polar surface area (TPSA) is 9.72 Å². The highest BCUT2D eigenvalue weighted by Crippen LogP contribution is 2.51. The molecule has 13 aromatic rings. The molecule has 0 radical (unpaired) electrons. The zero-order valence-corrected chi connectivity index (χ0v) is 40.1. The Morgan fingerprint density at radius 3 is 0.600 bits per heavy atom. The SMILES string of the molecule is Cc1ccc(N(c2ccc(C)cc2)c2ccc3ccc4c(N(c5ccc(C)cc5)c5ccc6ccc7c(N(c8ccc(C)cc8)c8ccc(C)cc8)ccc8ccc5c6c87)ccc5ccc2c3c54)cc1. The predicted octanol–water partition coefficient (Wildman–Crippen LogP) is 19.4. The van der Waals surface area contributed by atoms with Crippen molar-refractivity contribution in [1.29, 1.82) is 0 Å². The second kappa shape index (κ2) is 16.3. The van der Waals surface area contributed by atoms with Crippen molar-refractivity contribution in [3.63, 3.8) is 0 Å². The minimum Gasteiger partial charge on any atom is -0.310 e. The molecule has 13 rings (SSSR count). The fourth-order valence-electron chi connectivity index (χ4n) is 11.1. The Labute approximate surface area is 409 Å². The van der Waals surface area contributed by atoms with Gasteiger partial charge in [-0.2, -0.15) is 0 Å². The fourth-order valence-corrected chi connectivity index (χ4v) is 11.1. The van der Waals surface area contributed by atoms with Gasteiger partial charge >= 0.3 is 0 Å². The van der Waals surface area contributed by atoms with E-state index in [4.69, 9.17) is 0 Å². The number of anilines is 9. The maximum absolute atomic E-state index is 2.51. The van der Waals surface area contributed by atoms with Crippen LogP contribution in [0.15, 0.2) is 218 Å². The highest BCUT2D eigenvalue weighted by Gasteiger charge is 2.25. The Bertz CT molecular complexity index is 3740. The van der Waals surface area contributed by atoms with Crippen molar-refractivity contribution in [3.8, 4) is 0 Å². The third-order valence-electron chi connectivity index (χ3n) is 14.7. The molecule has 0 amide bonds. The standard InChI is InChI=1S/C67H51N3/c1-42-6-24-51(25-7-42)68(52-26-8-43(2)9-27-52)60-38-20-47-18-36-58-62(40-22-49-16-34-56(60)64(47)66(49)58)70(55-32-14-46(5)15-33-55)63-41-23-50-17-35-57-61(39-21-48-19-37-59(63)67(50)65(48)57)69(53-28-10-44(3)11-29-53)54-30-12-45(4)13-31-54/h6-41H,1-5H3. The number of hydrogen-bond donors (Lipinski definition) is 0. The quantitative estimate of drug-likeness (QED) is 0.134. The Morgan fingerprint density at radius 2 is 0.371 bits per heavy atom. The molecule has 13 aromatic carbocycles. The van der Waals surface area contributed by atoms with Gasteiger partial charge in [0.2, 0.25) is 0 Å². The van der Waals surface area contributed by atoms with Gasteiger partial charge in [-0.15, -0.1) is 0 Å². The molecule has 0 aromatic heterocycles. The van der Waals surface area contributed by atoms with Crippen LogP contribution in [0.3, 0.4) is 0 Å². The molecule has 0 heterocycles. The minimum absolute atomic E-state index is 1.12. The first kappa shape index (κ1) is 41.5. The molecular formula is C67H51N3. The van der Waals surface area contributed by atoms with Crippen molar-refractivity contribution < 1.29 is 0 Å². The average Bonchev–Trinajstić information content (AvgIpc) is 3.39. The number of rotatable bonds is 9. The molecule has 0 unspecified atom stereocenters. The van der Waals surface area contributed by atoms with Gasteiger partial charge in [-0.05, 0) is 163 Å². The van der Waals surface area contributed by atoms with E-state index in [1.54, 1.807) is 0 Å². The Balaban J connectivity index is 1.04. The molecular weight excluding hydrogens is 847 g/mol. The molecule has 70 heavy (non-hydrogen) atoms. The zero-order chi connectivity index (χ0) is 47.2. The molecule has 0 aliphatic carbocycles. The second-order valence-corrected chi connectivity index (χ2v) is 19.4. The van der Waals surface area contributed by atoms with Crippen LogP contribution in [0.5, 0.6) is 0 Å². The van der Waals surface area contributed by atoms with E-state index in [2.05, 4.69) is 268 Å². The van der Waals surface area contributed by atoms with Crippen molar-refractivity contribution >= 4 is 116 Å². The zero-order valence-electron chi connectivity index (χ0n) is 40.1. The van der Waals surface area contributed by atoms with E-state index in [1.165, 1.54) is 92.5 Å². The first-order valence-electron chi connectivity index (χ1n) is 24.4. The van der Waals surface area contributed by atoms with Crippen LogP contribution in [0, 0.1) is 34.6 Å². The minimum atomic E-state index is 1.12. The van der Waals surface area contributed by atoms with Crippen LogP contribution in [-0.4, -0.2) is 0 Å². The van der Waals surface area contributed by atoms with Crippen LogP contribution in [0.2, 0.25) is 0 Å². The second-order valence-electron chi connectivity index (χ2n) is 19.4. The molecule has 0 N–H and O–H groups in total. The molecule has 0 bridgehead atoms. The van der Waals surface area contributed by atoms with Crippen LogP contribution in [0.25, 0.3) is 64.6 Å². The third kappa shape index (κ3) is 6.72. The monoisotopic (exact) mass is 897 g/mol. The smallest absolute Gasteiger partial charge is 0.0540 e. The number of nitrogens with zero attached hydrogens (tertiary/aromatic N) is 3. The fraction of sp³-hybridized carbons (Fsp3) is 0.0746. The molecule has 0 aliphatic rings. The van der Waals surface area contributed by atoms with E-state index in [0.717, 1.165) is 51.2 Å². The van der Waals surface area contributed by atoms with Gasteiger partial charge in [0, 0.05) is 50.0 Å². The number of benzene rings is 13. The lowest BCUT2D eigenvalue weighted by atomic mass is 9.90. The Hall–Kier alpha value is -8.66. The van der Waals surface area contributed by atoms with Crippen LogP contribution in [0.4, 0.5) is 51.2 Å². The normalized spacial score (nSPS) is 11.8. The summed E-state index contributed by atoms with van der Waals surface area (Å²) in [4.78, 5) is 7.34. The first-order valence-corrected chi connectivity index (χ1v) is 24.4. The van der Waals surface area contributed by atoms with Crippen LogP contribution in [0.1, 0.15) is 27.8 Å².